The molecule has 0 fully saturated rings. The van der Waals surface area contributed by atoms with Gasteiger partial charge in [0, 0.05) is 43.6 Å². The van der Waals surface area contributed by atoms with Crippen LogP contribution in [-0.4, -0.2) is 29.3 Å². The Morgan fingerprint density at radius 1 is 1.44 bits per heavy atom. The van der Waals surface area contributed by atoms with Gasteiger partial charge in [-0.05, 0) is 37.1 Å². The largest absolute Gasteiger partial charge is 0.384 e. The highest BCUT2D eigenvalue weighted by Gasteiger charge is 2.19. The van der Waals surface area contributed by atoms with Gasteiger partial charge in [0.25, 0.3) is 0 Å². The van der Waals surface area contributed by atoms with Crippen LogP contribution in [-0.2, 0) is 13.0 Å². The van der Waals surface area contributed by atoms with Crippen molar-refractivity contribution in [3.63, 3.8) is 0 Å². The Balaban J connectivity index is 0.00000114. The first kappa shape index (κ1) is 22.4. The minimum atomic E-state index is 0.446. The average Bonchev–Trinajstić information content (AvgIpc) is 2.67. The number of hydrogen-bond donors (Lipinski definition) is 2. The predicted molar refractivity (Wildman–Crippen MR) is 113 cm³/mol. The summed E-state index contributed by atoms with van der Waals surface area (Å²) in [5.41, 5.74) is 11.1. The minimum Gasteiger partial charge on any atom is -0.384 e. The minimum absolute atomic E-state index is 0.446. The SMILES string of the molecule is C=C(/C(C)=C\C(N)=NC)N1CCc2ncc(N/C(C)=C\F)cc2C1.CCC. The van der Waals surface area contributed by atoms with Crippen molar-refractivity contribution < 1.29 is 4.39 Å². The molecule has 0 aliphatic carbocycles. The molecular formula is C21H32FN5. The summed E-state index contributed by atoms with van der Waals surface area (Å²) in [6, 6.07) is 2.01. The Morgan fingerprint density at radius 3 is 2.70 bits per heavy atom. The molecule has 5 nitrogen and oxygen atoms in total. The summed E-state index contributed by atoms with van der Waals surface area (Å²) in [7, 11) is 1.66. The standard InChI is InChI=1S/C18H24FN5.C3H8/c1-12(7-18(20)21-4)14(3)24-6-5-17-15(11-24)8-16(10-22-17)23-13(2)9-19;1-3-2/h7-10,23H,3,5-6,11H2,1-2,4H3,(H2,20,21);3H2,1-2H3/b12-7-,13-9-;. The summed E-state index contributed by atoms with van der Waals surface area (Å²) >= 11 is 0. The predicted octanol–water partition coefficient (Wildman–Crippen LogP) is 4.55. The van der Waals surface area contributed by atoms with Gasteiger partial charge in [0.1, 0.15) is 12.2 Å². The summed E-state index contributed by atoms with van der Waals surface area (Å²) in [6.45, 7) is 13.6. The van der Waals surface area contributed by atoms with Crippen molar-refractivity contribution in [2.24, 2.45) is 10.7 Å². The number of amidine groups is 1. The van der Waals surface area contributed by atoms with Crippen LogP contribution in [0, 0.1) is 0 Å². The first-order valence-corrected chi connectivity index (χ1v) is 9.22. The van der Waals surface area contributed by atoms with E-state index in [4.69, 9.17) is 5.73 Å². The third-order valence-electron chi connectivity index (χ3n) is 4.00. The van der Waals surface area contributed by atoms with E-state index in [2.05, 4.69) is 40.6 Å². The summed E-state index contributed by atoms with van der Waals surface area (Å²) < 4.78 is 12.5. The van der Waals surface area contributed by atoms with Crippen molar-refractivity contribution in [1.29, 1.82) is 0 Å². The second-order valence-electron chi connectivity index (χ2n) is 6.55. The second kappa shape index (κ2) is 11.2. The molecule has 6 heteroatoms. The van der Waals surface area contributed by atoms with Crippen LogP contribution in [0.25, 0.3) is 0 Å². The Bertz CT molecular complexity index is 734. The molecule has 1 aromatic rings. The van der Waals surface area contributed by atoms with Crippen LogP contribution in [0.3, 0.4) is 0 Å². The first-order chi connectivity index (χ1) is 12.9. The molecule has 0 spiro atoms. The number of hydrogen-bond acceptors (Lipinski definition) is 4. The topological polar surface area (TPSA) is 66.5 Å². The van der Waals surface area contributed by atoms with Crippen molar-refractivity contribution in [3.8, 4) is 0 Å². The molecule has 0 saturated carbocycles. The highest BCUT2D eigenvalue weighted by atomic mass is 19.1. The van der Waals surface area contributed by atoms with E-state index in [1.807, 2.05) is 19.1 Å². The maximum atomic E-state index is 12.5. The van der Waals surface area contributed by atoms with Gasteiger partial charge < -0.3 is 16.0 Å². The lowest BCUT2D eigenvalue weighted by Crippen LogP contribution is -2.31. The first-order valence-electron chi connectivity index (χ1n) is 9.22. The van der Waals surface area contributed by atoms with E-state index in [-0.39, 0.29) is 0 Å². The molecule has 0 aromatic carbocycles. The number of rotatable bonds is 5. The molecule has 0 unspecified atom stereocenters. The van der Waals surface area contributed by atoms with Crippen LogP contribution >= 0.6 is 0 Å². The molecule has 0 atom stereocenters. The molecule has 2 heterocycles. The number of fused-ring (bicyclic) bond motifs is 1. The molecular weight excluding hydrogens is 341 g/mol. The Morgan fingerprint density at radius 2 is 2.11 bits per heavy atom. The fourth-order valence-electron chi connectivity index (χ4n) is 2.60. The van der Waals surface area contributed by atoms with E-state index >= 15 is 0 Å². The normalized spacial score (nSPS) is 14.9. The second-order valence-corrected chi connectivity index (χ2v) is 6.55. The van der Waals surface area contributed by atoms with Gasteiger partial charge >= 0.3 is 0 Å². The lowest BCUT2D eigenvalue weighted by molar-refractivity contribution is 0.326. The molecule has 148 valence electrons. The molecule has 3 N–H and O–H groups in total. The van der Waals surface area contributed by atoms with Crippen molar-refractivity contribution in [2.75, 3.05) is 18.9 Å². The third-order valence-corrected chi connectivity index (χ3v) is 4.00. The van der Waals surface area contributed by atoms with E-state index in [0.29, 0.717) is 24.4 Å². The lowest BCUT2D eigenvalue weighted by Gasteiger charge is -2.32. The Kier molecular flexibility index (Phi) is 9.26. The summed E-state index contributed by atoms with van der Waals surface area (Å²) in [5, 5.41) is 2.98. The molecule has 0 saturated heterocycles. The highest BCUT2D eigenvalue weighted by Crippen LogP contribution is 2.25. The number of nitrogens with two attached hydrogens (primary N) is 1. The van der Waals surface area contributed by atoms with E-state index in [0.717, 1.165) is 41.2 Å². The molecule has 1 aliphatic heterocycles. The van der Waals surface area contributed by atoms with Gasteiger partial charge in [0.15, 0.2) is 0 Å². The fraction of sp³-hybridized carbons (Fsp3) is 0.429. The van der Waals surface area contributed by atoms with Crippen LogP contribution in [0.2, 0.25) is 0 Å². The molecule has 27 heavy (non-hydrogen) atoms. The van der Waals surface area contributed by atoms with Crippen molar-refractivity contribution >= 4 is 11.5 Å². The van der Waals surface area contributed by atoms with E-state index in [1.165, 1.54) is 6.42 Å². The van der Waals surface area contributed by atoms with Crippen LogP contribution in [0.5, 0.6) is 0 Å². The number of anilines is 1. The van der Waals surface area contributed by atoms with E-state index < -0.39 is 0 Å². The fourth-order valence-corrected chi connectivity index (χ4v) is 2.60. The van der Waals surface area contributed by atoms with Gasteiger partial charge in [-0.1, -0.05) is 26.8 Å². The maximum absolute atomic E-state index is 12.5. The highest BCUT2D eigenvalue weighted by molar-refractivity contribution is 5.92. The smallest absolute Gasteiger partial charge is 0.118 e. The number of allylic oxidation sites excluding steroid dienone is 2. The third kappa shape index (κ3) is 6.89. The van der Waals surface area contributed by atoms with Crippen LogP contribution < -0.4 is 11.1 Å². The molecule has 1 aromatic heterocycles. The Labute approximate surface area is 162 Å². The molecule has 1 aliphatic rings. The Hall–Kier alpha value is -2.63. The zero-order valence-electron chi connectivity index (χ0n) is 17.1. The number of aliphatic imine (C=N–C) groups is 1. The number of nitrogens with zero attached hydrogens (tertiary/aromatic N) is 3. The summed E-state index contributed by atoms with van der Waals surface area (Å²) in [5.74, 6) is 0.479. The number of halogens is 1. The molecule has 0 bridgehead atoms. The van der Waals surface area contributed by atoms with Crippen molar-refractivity contribution in [2.45, 2.75) is 47.1 Å². The number of pyridine rings is 1. The van der Waals surface area contributed by atoms with Gasteiger partial charge in [-0.3, -0.25) is 9.98 Å². The molecule has 2 rings (SSSR count). The number of nitrogens with one attached hydrogen (secondary N) is 1. The van der Waals surface area contributed by atoms with E-state index in [9.17, 15) is 4.39 Å². The van der Waals surface area contributed by atoms with Crippen LogP contribution in [0.15, 0.2) is 53.2 Å². The van der Waals surface area contributed by atoms with Gasteiger partial charge in [0.2, 0.25) is 0 Å². The average molecular weight is 374 g/mol. The maximum Gasteiger partial charge on any atom is 0.118 e. The zero-order valence-corrected chi connectivity index (χ0v) is 17.1. The van der Waals surface area contributed by atoms with Crippen molar-refractivity contribution in [1.82, 2.24) is 9.88 Å². The summed E-state index contributed by atoms with van der Waals surface area (Å²) in [6.07, 6.45) is 6.20. The quantitative estimate of drug-likeness (QED) is 0.451. The summed E-state index contributed by atoms with van der Waals surface area (Å²) in [4.78, 5) is 10.6. The van der Waals surface area contributed by atoms with Crippen LogP contribution in [0.4, 0.5) is 10.1 Å². The van der Waals surface area contributed by atoms with Gasteiger partial charge in [0.05, 0.1) is 11.9 Å². The lowest BCUT2D eigenvalue weighted by atomic mass is 10.0. The molecule has 0 radical (unpaired) electrons. The van der Waals surface area contributed by atoms with Gasteiger partial charge in [-0.25, -0.2) is 4.39 Å². The zero-order chi connectivity index (χ0) is 20.4. The monoisotopic (exact) mass is 373 g/mol. The van der Waals surface area contributed by atoms with Gasteiger partial charge in [-0.2, -0.15) is 0 Å². The molecule has 0 amide bonds. The number of aromatic nitrogens is 1. The van der Waals surface area contributed by atoms with Crippen LogP contribution in [0.1, 0.15) is 45.4 Å². The van der Waals surface area contributed by atoms with Crippen molar-refractivity contribution in [3.05, 3.63) is 59.5 Å². The van der Waals surface area contributed by atoms with E-state index in [1.54, 1.807) is 20.2 Å². The van der Waals surface area contributed by atoms with Gasteiger partial charge in [-0.15, -0.1) is 0 Å².